The summed E-state index contributed by atoms with van der Waals surface area (Å²) in [5.74, 6) is 3.05. The molecule has 1 aliphatic carbocycles. The summed E-state index contributed by atoms with van der Waals surface area (Å²) < 4.78 is 0. The van der Waals surface area contributed by atoms with Crippen molar-refractivity contribution in [1.82, 2.24) is 9.97 Å². The van der Waals surface area contributed by atoms with E-state index in [-0.39, 0.29) is 0 Å². The minimum absolute atomic E-state index is 0.534. The summed E-state index contributed by atoms with van der Waals surface area (Å²) in [6.07, 6.45) is 4.69. The zero-order valence-corrected chi connectivity index (χ0v) is 12.1. The number of nitrogen functional groups attached to an aromatic ring is 1. The molecular weight excluding hydrogens is 260 g/mol. The predicted molar refractivity (Wildman–Crippen MR) is 84.2 cm³/mol. The molecule has 1 aromatic carbocycles. The third-order valence-electron chi connectivity index (χ3n) is 4.37. The van der Waals surface area contributed by atoms with Crippen molar-refractivity contribution < 1.29 is 0 Å². The van der Waals surface area contributed by atoms with Crippen molar-refractivity contribution in [3.8, 4) is 0 Å². The fourth-order valence-electron chi connectivity index (χ4n) is 3.05. The molecule has 0 atom stereocenters. The monoisotopic (exact) mass is 280 g/mol. The molecule has 4 rings (SSSR count). The fraction of sp³-hybridized carbons (Fsp3) is 0.412. The lowest BCUT2D eigenvalue weighted by Crippen LogP contribution is -2.24. The molecular formula is C17H20N4. The van der Waals surface area contributed by atoms with E-state index in [0.717, 1.165) is 37.6 Å². The van der Waals surface area contributed by atoms with Gasteiger partial charge in [0.05, 0.1) is 0 Å². The average molecular weight is 280 g/mol. The summed E-state index contributed by atoms with van der Waals surface area (Å²) >= 11 is 0. The van der Waals surface area contributed by atoms with Gasteiger partial charge in [0.25, 0.3) is 0 Å². The van der Waals surface area contributed by atoms with Crippen LogP contribution in [0.2, 0.25) is 0 Å². The third kappa shape index (κ3) is 2.58. The zero-order chi connectivity index (χ0) is 14.2. The van der Waals surface area contributed by atoms with E-state index in [2.05, 4.69) is 34.1 Å². The molecule has 2 aromatic rings. The van der Waals surface area contributed by atoms with Crippen molar-refractivity contribution in [1.29, 1.82) is 0 Å². The highest BCUT2D eigenvalue weighted by Crippen LogP contribution is 2.39. The van der Waals surface area contributed by atoms with E-state index < -0.39 is 0 Å². The Hall–Kier alpha value is -2.10. The largest absolute Gasteiger partial charge is 0.384 e. The first kappa shape index (κ1) is 12.6. The number of nitrogens with two attached hydrogens (primary N) is 1. The first-order chi connectivity index (χ1) is 10.3. The van der Waals surface area contributed by atoms with Crippen LogP contribution >= 0.6 is 0 Å². The van der Waals surface area contributed by atoms with Gasteiger partial charge >= 0.3 is 0 Å². The standard InChI is InChI=1S/C17H20N4/c18-15-10-16(20-17(19-15)13-7-8-13)21-9-3-6-12-4-1-2-5-14(12)11-21/h1-2,4-5,10,13H,3,6-9,11H2,(H2,18,19,20). The number of benzene rings is 1. The van der Waals surface area contributed by atoms with Gasteiger partial charge in [0.15, 0.2) is 0 Å². The maximum atomic E-state index is 5.99. The van der Waals surface area contributed by atoms with Crippen LogP contribution in [0.15, 0.2) is 30.3 Å². The number of aryl methyl sites for hydroxylation is 1. The van der Waals surface area contributed by atoms with Crippen LogP contribution in [-0.4, -0.2) is 16.5 Å². The summed E-state index contributed by atoms with van der Waals surface area (Å²) in [6, 6.07) is 10.6. The van der Waals surface area contributed by atoms with Gasteiger partial charge in [-0.05, 0) is 36.8 Å². The molecule has 0 radical (unpaired) electrons. The van der Waals surface area contributed by atoms with Crippen LogP contribution in [0.4, 0.5) is 11.6 Å². The molecule has 2 aliphatic rings. The van der Waals surface area contributed by atoms with Crippen molar-refractivity contribution in [2.24, 2.45) is 0 Å². The van der Waals surface area contributed by atoms with E-state index in [0.29, 0.717) is 11.7 Å². The summed E-state index contributed by atoms with van der Waals surface area (Å²) in [7, 11) is 0. The first-order valence-electron chi connectivity index (χ1n) is 7.76. The number of anilines is 2. The summed E-state index contributed by atoms with van der Waals surface area (Å²) in [6.45, 7) is 1.94. The van der Waals surface area contributed by atoms with Gasteiger partial charge in [-0.25, -0.2) is 9.97 Å². The number of rotatable bonds is 2. The Morgan fingerprint density at radius 3 is 2.71 bits per heavy atom. The molecule has 0 amide bonds. The first-order valence-corrected chi connectivity index (χ1v) is 7.76. The Labute approximate surface area is 125 Å². The molecule has 108 valence electrons. The number of fused-ring (bicyclic) bond motifs is 1. The second kappa shape index (κ2) is 5.02. The molecule has 1 aromatic heterocycles. The molecule has 4 nitrogen and oxygen atoms in total. The summed E-state index contributed by atoms with van der Waals surface area (Å²) in [5, 5.41) is 0. The third-order valence-corrected chi connectivity index (χ3v) is 4.37. The summed E-state index contributed by atoms with van der Waals surface area (Å²) in [4.78, 5) is 11.5. The van der Waals surface area contributed by atoms with Crippen molar-refractivity contribution in [2.45, 2.75) is 38.1 Å². The maximum Gasteiger partial charge on any atom is 0.136 e. The van der Waals surface area contributed by atoms with Crippen molar-refractivity contribution in [3.05, 3.63) is 47.3 Å². The molecule has 21 heavy (non-hydrogen) atoms. The summed E-state index contributed by atoms with van der Waals surface area (Å²) in [5.41, 5.74) is 8.85. The van der Waals surface area contributed by atoms with Crippen LogP contribution in [-0.2, 0) is 13.0 Å². The Kier molecular flexibility index (Phi) is 3.02. The second-order valence-electron chi connectivity index (χ2n) is 6.08. The molecule has 4 heteroatoms. The number of hydrogen-bond acceptors (Lipinski definition) is 4. The number of nitrogens with zero attached hydrogens (tertiary/aromatic N) is 3. The van der Waals surface area contributed by atoms with Gasteiger partial charge in [-0.1, -0.05) is 24.3 Å². The van der Waals surface area contributed by atoms with E-state index in [1.165, 1.54) is 24.0 Å². The number of hydrogen-bond donors (Lipinski definition) is 1. The highest BCUT2D eigenvalue weighted by molar-refractivity contribution is 5.49. The molecule has 1 fully saturated rings. The van der Waals surface area contributed by atoms with Crippen molar-refractivity contribution in [3.63, 3.8) is 0 Å². The molecule has 0 saturated heterocycles. The highest BCUT2D eigenvalue weighted by atomic mass is 15.2. The average Bonchev–Trinajstić information content (AvgIpc) is 3.32. The van der Waals surface area contributed by atoms with Crippen molar-refractivity contribution >= 4 is 11.6 Å². The van der Waals surface area contributed by atoms with E-state index in [9.17, 15) is 0 Å². The van der Waals surface area contributed by atoms with Gasteiger partial charge in [0.1, 0.15) is 17.5 Å². The smallest absolute Gasteiger partial charge is 0.136 e. The molecule has 1 aliphatic heterocycles. The number of aromatic nitrogens is 2. The lowest BCUT2D eigenvalue weighted by Gasteiger charge is -2.22. The van der Waals surface area contributed by atoms with E-state index in [4.69, 9.17) is 10.7 Å². The highest BCUT2D eigenvalue weighted by Gasteiger charge is 2.28. The molecule has 2 heterocycles. The van der Waals surface area contributed by atoms with Crippen LogP contribution in [0.1, 0.15) is 42.1 Å². The molecule has 1 saturated carbocycles. The van der Waals surface area contributed by atoms with Crippen LogP contribution in [0.3, 0.4) is 0 Å². The van der Waals surface area contributed by atoms with Gasteiger partial charge in [-0.3, -0.25) is 0 Å². The molecule has 0 bridgehead atoms. The van der Waals surface area contributed by atoms with Crippen LogP contribution in [0, 0.1) is 0 Å². The Bertz CT molecular complexity index is 664. The van der Waals surface area contributed by atoms with Crippen LogP contribution < -0.4 is 10.6 Å². The Morgan fingerprint density at radius 2 is 1.90 bits per heavy atom. The lowest BCUT2D eigenvalue weighted by molar-refractivity contribution is 0.746. The maximum absolute atomic E-state index is 5.99. The topological polar surface area (TPSA) is 55.0 Å². The Balaban J connectivity index is 1.67. The van der Waals surface area contributed by atoms with Gasteiger partial charge < -0.3 is 10.6 Å². The Morgan fingerprint density at radius 1 is 1.10 bits per heavy atom. The minimum Gasteiger partial charge on any atom is -0.384 e. The lowest BCUT2D eigenvalue weighted by atomic mass is 10.0. The van der Waals surface area contributed by atoms with Crippen LogP contribution in [0.25, 0.3) is 0 Å². The van der Waals surface area contributed by atoms with E-state index in [1.54, 1.807) is 0 Å². The second-order valence-corrected chi connectivity index (χ2v) is 6.08. The normalized spacial score (nSPS) is 18.2. The van der Waals surface area contributed by atoms with Crippen LogP contribution in [0.5, 0.6) is 0 Å². The quantitative estimate of drug-likeness (QED) is 0.919. The molecule has 0 unspecified atom stereocenters. The van der Waals surface area contributed by atoms with Gasteiger partial charge in [0, 0.05) is 25.1 Å². The molecule has 0 spiro atoms. The van der Waals surface area contributed by atoms with Gasteiger partial charge in [0.2, 0.25) is 0 Å². The zero-order valence-electron chi connectivity index (χ0n) is 12.1. The van der Waals surface area contributed by atoms with Crippen molar-refractivity contribution in [2.75, 3.05) is 17.2 Å². The SMILES string of the molecule is Nc1cc(N2CCCc3ccccc3C2)nc(C2CC2)n1. The van der Waals surface area contributed by atoms with Gasteiger partial charge in [-0.2, -0.15) is 0 Å². The van der Waals surface area contributed by atoms with E-state index in [1.807, 2.05) is 6.07 Å². The fourth-order valence-corrected chi connectivity index (χ4v) is 3.05. The van der Waals surface area contributed by atoms with E-state index >= 15 is 0 Å². The minimum atomic E-state index is 0.534. The van der Waals surface area contributed by atoms with Gasteiger partial charge in [-0.15, -0.1) is 0 Å². The molecule has 2 N–H and O–H groups in total. The predicted octanol–water partition coefficient (Wildman–Crippen LogP) is 2.89.